The van der Waals surface area contributed by atoms with Gasteiger partial charge in [-0.05, 0) is 32.9 Å². The maximum atomic E-state index is 4.32. The molecule has 0 radical (unpaired) electrons. The molecule has 0 atom stereocenters. The number of hydrogen-bond donors (Lipinski definition) is 1. The lowest BCUT2D eigenvalue weighted by atomic mass is 10.1. The van der Waals surface area contributed by atoms with Crippen LogP contribution in [-0.4, -0.2) is 22.6 Å². The fraction of sp³-hybridized carbons (Fsp3) is 0.615. The lowest BCUT2D eigenvalue weighted by Gasteiger charge is -2.03. The van der Waals surface area contributed by atoms with Gasteiger partial charge in [-0.1, -0.05) is 18.6 Å². The Morgan fingerprint density at radius 1 is 1.56 bits per heavy atom. The van der Waals surface area contributed by atoms with Crippen LogP contribution >= 0.6 is 0 Å². The van der Waals surface area contributed by atoms with Crippen LogP contribution in [0.2, 0.25) is 0 Å². The van der Waals surface area contributed by atoms with Crippen molar-refractivity contribution in [2.24, 2.45) is 7.05 Å². The first-order valence-electron chi connectivity index (χ1n) is 6.06. The lowest BCUT2D eigenvalue weighted by molar-refractivity contribution is 0.720. The molecule has 0 aliphatic rings. The minimum atomic E-state index is 1.03. The molecule has 1 heterocycles. The van der Waals surface area contributed by atoms with E-state index in [2.05, 4.69) is 34.8 Å². The van der Waals surface area contributed by atoms with Crippen LogP contribution in [0.4, 0.5) is 0 Å². The third kappa shape index (κ3) is 4.62. The number of nitrogens with zero attached hydrogens (tertiary/aromatic N) is 2. The van der Waals surface area contributed by atoms with Gasteiger partial charge in [-0.25, -0.2) is 4.98 Å². The van der Waals surface area contributed by atoms with Crippen LogP contribution in [0.15, 0.2) is 24.0 Å². The quantitative estimate of drug-likeness (QED) is 0.565. The topological polar surface area (TPSA) is 29.9 Å². The third-order valence-corrected chi connectivity index (χ3v) is 2.73. The normalized spacial score (nSPS) is 12.1. The zero-order chi connectivity index (χ0) is 11.8. The smallest absolute Gasteiger partial charge is 0.108 e. The number of aromatic nitrogens is 2. The van der Waals surface area contributed by atoms with Crippen molar-refractivity contribution in [3.63, 3.8) is 0 Å². The highest BCUT2D eigenvalue weighted by molar-refractivity contribution is 5.02. The Morgan fingerprint density at radius 3 is 3.00 bits per heavy atom. The first-order valence-corrected chi connectivity index (χ1v) is 6.06. The largest absolute Gasteiger partial charge is 0.338 e. The van der Waals surface area contributed by atoms with Gasteiger partial charge in [-0.3, -0.25) is 0 Å². The van der Waals surface area contributed by atoms with Gasteiger partial charge in [0.15, 0.2) is 0 Å². The molecule has 1 rings (SSSR count). The Morgan fingerprint density at radius 2 is 2.38 bits per heavy atom. The monoisotopic (exact) mass is 221 g/mol. The Bertz CT molecular complexity index is 326. The second-order valence-electron chi connectivity index (χ2n) is 4.15. The second kappa shape index (κ2) is 7.23. The van der Waals surface area contributed by atoms with Crippen molar-refractivity contribution >= 4 is 0 Å². The Balaban J connectivity index is 2.24. The highest BCUT2D eigenvalue weighted by Gasteiger charge is 1.99. The molecule has 0 unspecified atom stereocenters. The van der Waals surface area contributed by atoms with E-state index < -0.39 is 0 Å². The first-order chi connectivity index (χ1) is 7.74. The van der Waals surface area contributed by atoms with E-state index in [1.807, 2.05) is 19.4 Å². The van der Waals surface area contributed by atoms with Crippen LogP contribution in [0.5, 0.6) is 0 Å². The number of aryl methyl sites for hydroxylation is 2. The van der Waals surface area contributed by atoms with Crippen LogP contribution in [0.3, 0.4) is 0 Å². The molecule has 0 aliphatic carbocycles. The predicted octanol–water partition coefficient (Wildman–Crippen LogP) is 2.30. The zero-order valence-electron chi connectivity index (χ0n) is 10.7. The zero-order valence-corrected chi connectivity index (χ0v) is 10.7. The predicted molar refractivity (Wildman–Crippen MR) is 68.4 cm³/mol. The number of allylic oxidation sites excluding steroid dienone is 1. The summed E-state index contributed by atoms with van der Waals surface area (Å²) in [5, 5.41) is 3.32. The van der Waals surface area contributed by atoms with Gasteiger partial charge >= 0.3 is 0 Å². The van der Waals surface area contributed by atoms with E-state index in [0.29, 0.717) is 0 Å². The summed E-state index contributed by atoms with van der Waals surface area (Å²) in [6.07, 6.45) is 9.45. The summed E-state index contributed by atoms with van der Waals surface area (Å²) in [4.78, 5) is 4.32. The van der Waals surface area contributed by atoms with E-state index in [9.17, 15) is 0 Å². The van der Waals surface area contributed by atoms with Gasteiger partial charge in [-0.2, -0.15) is 0 Å². The van der Waals surface area contributed by atoms with Crippen LogP contribution in [0.25, 0.3) is 0 Å². The standard InChI is InChI=1S/C13H23N3/c1-4-14-9-5-6-12(2)7-8-13-15-10-11-16(13)3/h6,10-11,14H,4-5,7-9H2,1-3H3/b12-6-. The molecule has 0 saturated heterocycles. The molecule has 1 aromatic rings. The molecule has 0 fully saturated rings. The molecule has 1 aromatic heterocycles. The number of hydrogen-bond acceptors (Lipinski definition) is 2. The first kappa shape index (κ1) is 13.0. The highest BCUT2D eigenvalue weighted by atomic mass is 15.0. The molecule has 0 saturated carbocycles. The minimum absolute atomic E-state index is 1.03. The molecule has 1 N–H and O–H groups in total. The average Bonchev–Trinajstić information content (AvgIpc) is 2.67. The van der Waals surface area contributed by atoms with Crippen LogP contribution in [0, 0.1) is 0 Å². The van der Waals surface area contributed by atoms with Gasteiger partial charge in [0, 0.05) is 25.9 Å². The van der Waals surface area contributed by atoms with E-state index >= 15 is 0 Å². The summed E-state index contributed by atoms with van der Waals surface area (Å²) < 4.78 is 2.09. The van der Waals surface area contributed by atoms with Gasteiger partial charge in [0.1, 0.15) is 5.82 Å². The molecule has 0 bridgehead atoms. The third-order valence-electron chi connectivity index (χ3n) is 2.73. The minimum Gasteiger partial charge on any atom is -0.338 e. The van der Waals surface area contributed by atoms with Gasteiger partial charge in [0.05, 0.1) is 0 Å². The molecule has 0 spiro atoms. The van der Waals surface area contributed by atoms with E-state index in [1.54, 1.807) is 0 Å². The van der Waals surface area contributed by atoms with Crippen molar-refractivity contribution in [1.82, 2.24) is 14.9 Å². The van der Waals surface area contributed by atoms with Crippen molar-refractivity contribution in [3.8, 4) is 0 Å². The molecule has 0 aromatic carbocycles. The molecular formula is C13H23N3. The van der Waals surface area contributed by atoms with Crippen molar-refractivity contribution in [1.29, 1.82) is 0 Å². The number of rotatable bonds is 7. The van der Waals surface area contributed by atoms with E-state index in [1.165, 1.54) is 11.4 Å². The Labute approximate surface area is 98.6 Å². The molecule has 90 valence electrons. The maximum Gasteiger partial charge on any atom is 0.108 e. The lowest BCUT2D eigenvalue weighted by Crippen LogP contribution is -2.13. The molecule has 0 aliphatic heterocycles. The summed E-state index contributed by atoms with van der Waals surface area (Å²) in [7, 11) is 2.05. The van der Waals surface area contributed by atoms with Crippen molar-refractivity contribution in [2.75, 3.05) is 13.1 Å². The summed E-state index contributed by atoms with van der Waals surface area (Å²) >= 11 is 0. The van der Waals surface area contributed by atoms with E-state index in [-0.39, 0.29) is 0 Å². The van der Waals surface area contributed by atoms with Gasteiger partial charge in [0.25, 0.3) is 0 Å². The fourth-order valence-electron chi connectivity index (χ4n) is 1.65. The van der Waals surface area contributed by atoms with Crippen molar-refractivity contribution in [3.05, 3.63) is 29.9 Å². The maximum absolute atomic E-state index is 4.32. The Hall–Kier alpha value is -1.09. The van der Waals surface area contributed by atoms with Gasteiger partial charge in [0.2, 0.25) is 0 Å². The SMILES string of the molecule is CCNCC/C=C(/C)CCc1nccn1C. The van der Waals surface area contributed by atoms with Crippen molar-refractivity contribution < 1.29 is 0 Å². The average molecular weight is 221 g/mol. The molecule has 16 heavy (non-hydrogen) atoms. The summed E-state index contributed by atoms with van der Waals surface area (Å²) in [6, 6.07) is 0. The molecular weight excluding hydrogens is 198 g/mol. The van der Waals surface area contributed by atoms with Gasteiger partial charge < -0.3 is 9.88 Å². The van der Waals surface area contributed by atoms with Gasteiger partial charge in [-0.15, -0.1) is 0 Å². The second-order valence-corrected chi connectivity index (χ2v) is 4.15. The Kier molecular flexibility index (Phi) is 5.86. The summed E-state index contributed by atoms with van der Waals surface area (Å²) in [5.74, 6) is 1.17. The van der Waals surface area contributed by atoms with Crippen molar-refractivity contribution in [2.45, 2.75) is 33.1 Å². The van der Waals surface area contributed by atoms with Crippen LogP contribution < -0.4 is 5.32 Å². The molecule has 3 nitrogen and oxygen atoms in total. The molecule has 0 amide bonds. The highest BCUT2D eigenvalue weighted by Crippen LogP contribution is 2.07. The van der Waals surface area contributed by atoms with E-state index in [0.717, 1.165) is 32.4 Å². The number of imidazole rings is 1. The van der Waals surface area contributed by atoms with E-state index in [4.69, 9.17) is 0 Å². The summed E-state index contributed by atoms with van der Waals surface area (Å²) in [6.45, 7) is 6.48. The molecule has 3 heteroatoms. The van der Waals surface area contributed by atoms with Crippen LogP contribution in [-0.2, 0) is 13.5 Å². The summed E-state index contributed by atoms with van der Waals surface area (Å²) in [5.41, 5.74) is 1.46. The number of nitrogens with one attached hydrogen (secondary N) is 1. The fourth-order valence-corrected chi connectivity index (χ4v) is 1.65. The van der Waals surface area contributed by atoms with Crippen LogP contribution in [0.1, 0.15) is 32.5 Å².